The van der Waals surface area contributed by atoms with Crippen LogP contribution in [0.1, 0.15) is 71.7 Å². The van der Waals surface area contributed by atoms with Crippen LogP contribution >= 0.6 is 0 Å². The van der Waals surface area contributed by atoms with Crippen LogP contribution in [0.15, 0.2) is 54.6 Å². The Kier molecular flexibility index (Phi) is 5.03. The summed E-state index contributed by atoms with van der Waals surface area (Å²) in [6, 6.07) is 19.0. The summed E-state index contributed by atoms with van der Waals surface area (Å²) < 4.78 is 21.5. The summed E-state index contributed by atoms with van der Waals surface area (Å²) in [6.45, 7) is 12.5. The van der Waals surface area contributed by atoms with Crippen LogP contribution < -0.4 is 4.57 Å². The Morgan fingerprint density at radius 1 is 0.935 bits per heavy atom. The molecule has 0 N–H and O–H groups in total. The highest BCUT2D eigenvalue weighted by atomic mass is 15.2. The van der Waals surface area contributed by atoms with E-state index in [2.05, 4.69) is 92.3 Å². The Morgan fingerprint density at radius 3 is 2.16 bits per heavy atom. The molecular formula is C28H34N3+. The standard InChI is InChI=1S/C28H34N3/c1-8-26-29-28-25(17-16-24(30(28)7)23-13-10-9-12-20(23)6)31(26)27-21(18(2)3)14-11-15-22(27)19(4)5/h9-19H,8H2,1-7H3/q+1/i8D2. The van der Waals surface area contributed by atoms with Gasteiger partial charge in [0.15, 0.2) is 0 Å². The second-order valence-corrected chi connectivity index (χ2v) is 8.92. The first-order chi connectivity index (χ1) is 15.5. The minimum Gasteiger partial charge on any atom is -0.269 e. The second-order valence-electron chi connectivity index (χ2n) is 8.92. The molecule has 0 radical (unpaired) electrons. The van der Waals surface area contributed by atoms with Crippen LogP contribution in [-0.2, 0) is 13.4 Å². The fourth-order valence-corrected chi connectivity index (χ4v) is 4.50. The first-order valence-corrected chi connectivity index (χ1v) is 11.1. The molecule has 0 aliphatic carbocycles. The van der Waals surface area contributed by atoms with Gasteiger partial charge in [0.25, 0.3) is 0 Å². The number of benzene rings is 2. The maximum Gasteiger partial charge on any atom is 0.349 e. The monoisotopic (exact) mass is 414 g/mol. The smallest absolute Gasteiger partial charge is 0.269 e. The fraction of sp³-hybridized carbons (Fsp3) is 0.357. The van der Waals surface area contributed by atoms with Gasteiger partial charge in [-0.2, -0.15) is 0 Å². The fourth-order valence-electron chi connectivity index (χ4n) is 4.50. The van der Waals surface area contributed by atoms with Crippen molar-refractivity contribution in [3.63, 3.8) is 0 Å². The number of imidazole rings is 1. The molecule has 0 atom stereocenters. The molecule has 2 aromatic carbocycles. The Labute approximate surface area is 189 Å². The highest BCUT2D eigenvalue weighted by molar-refractivity contribution is 5.76. The molecule has 2 heterocycles. The van der Waals surface area contributed by atoms with Crippen molar-refractivity contribution in [3.8, 4) is 16.9 Å². The van der Waals surface area contributed by atoms with Gasteiger partial charge in [-0.05, 0) is 52.6 Å². The van der Waals surface area contributed by atoms with E-state index in [1.165, 1.54) is 16.7 Å². The lowest BCUT2D eigenvalue weighted by atomic mass is 9.92. The van der Waals surface area contributed by atoms with E-state index in [4.69, 9.17) is 7.73 Å². The predicted molar refractivity (Wildman–Crippen MR) is 130 cm³/mol. The summed E-state index contributed by atoms with van der Waals surface area (Å²) in [6.07, 6.45) is -1.60. The molecule has 0 saturated heterocycles. The molecule has 0 bridgehead atoms. The predicted octanol–water partition coefficient (Wildman–Crippen LogP) is 6.63. The van der Waals surface area contributed by atoms with Gasteiger partial charge in [-0.15, -0.1) is 0 Å². The Morgan fingerprint density at radius 2 is 1.58 bits per heavy atom. The van der Waals surface area contributed by atoms with E-state index >= 15 is 0 Å². The largest absolute Gasteiger partial charge is 0.349 e. The van der Waals surface area contributed by atoms with Gasteiger partial charge in [-0.25, -0.2) is 4.57 Å². The van der Waals surface area contributed by atoms with Gasteiger partial charge in [-0.3, -0.25) is 4.57 Å². The molecule has 31 heavy (non-hydrogen) atoms. The lowest BCUT2D eigenvalue weighted by molar-refractivity contribution is -0.635. The number of rotatable bonds is 5. The van der Waals surface area contributed by atoms with Gasteiger partial charge >= 0.3 is 5.65 Å². The van der Waals surface area contributed by atoms with E-state index in [1.807, 2.05) is 13.1 Å². The number of hydrogen-bond acceptors (Lipinski definition) is 1. The molecule has 160 valence electrons. The van der Waals surface area contributed by atoms with Crippen LogP contribution in [0.25, 0.3) is 28.1 Å². The van der Waals surface area contributed by atoms with Crippen molar-refractivity contribution in [1.82, 2.24) is 9.55 Å². The molecule has 0 aliphatic rings. The van der Waals surface area contributed by atoms with Crippen molar-refractivity contribution < 1.29 is 7.31 Å². The molecule has 2 aromatic heterocycles. The van der Waals surface area contributed by atoms with Crippen molar-refractivity contribution in [3.05, 3.63) is 77.1 Å². The first kappa shape index (κ1) is 18.8. The Balaban J connectivity index is 2.13. The molecule has 3 heteroatoms. The number of aromatic nitrogens is 3. The number of para-hydroxylation sites is 1. The maximum absolute atomic E-state index is 8.65. The van der Waals surface area contributed by atoms with Crippen molar-refractivity contribution >= 4 is 11.2 Å². The minimum absolute atomic E-state index is 0.298. The Hall–Kier alpha value is -2.94. The zero-order chi connectivity index (χ0) is 24.1. The van der Waals surface area contributed by atoms with Gasteiger partial charge in [0, 0.05) is 14.7 Å². The number of aryl methyl sites for hydroxylation is 3. The number of hydrogen-bond donors (Lipinski definition) is 0. The van der Waals surface area contributed by atoms with Gasteiger partial charge < -0.3 is 0 Å². The molecule has 0 unspecified atom stereocenters. The summed E-state index contributed by atoms with van der Waals surface area (Å²) in [5.41, 5.74) is 8.60. The highest BCUT2D eigenvalue weighted by Crippen LogP contribution is 2.34. The van der Waals surface area contributed by atoms with Crippen molar-refractivity contribution in [2.45, 2.75) is 59.8 Å². The third kappa shape index (κ3) is 3.56. The van der Waals surface area contributed by atoms with Crippen molar-refractivity contribution in [1.29, 1.82) is 0 Å². The maximum atomic E-state index is 8.65. The van der Waals surface area contributed by atoms with Gasteiger partial charge in [-0.1, -0.05) is 77.1 Å². The van der Waals surface area contributed by atoms with E-state index in [1.54, 1.807) is 6.92 Å². The third-order valence-electron chi connectivity index (χ3n) is 6.18. The quantitative estimate of drug-likeness (QED) is 0.336. The van der Waals surface area contributed by atoms with Crippen LogP contribution in [-0.4, -0.2) is 9.55 Å². The lowest BCUT2D eigenvalue weighted by Crippen LogP contribution is -2.32. The van der Waals surface area contributed by atoms with Gasteiger partial charge in [0.1, 0.15) is 11.2 Å². The minimum atomic E-state index is -1.60. The average molecular weight is 415 g/mol. The summed E-state index contributed by atoms with van der Waals surface area (Å²) in [7, 11) is 2.02. The zero-order valence-corrected chi connectivity index (χ0v) is 19.7. The average Bonchev–Trinajstić information content (AvgIpc) is 3.15. The molecule has 0 fully saturated rings. The van der Waals surface area contributed by atoms with E-state index in [0.29, 0.717) is 17.7 Å². The number of fused-ring (bicyclic) bond motifs is 1. The van der Waals surface area contributed by atoms with E-state index in [9.17, 15) is 0 Å². The highest BCUT2D eigenvalue weighted by Gasteiger charge is 2.27. The lowest BCUT2D eigenvalue weighted by Gasteiger charge is -2.21. The van der Waals surface area contributed by atoms with E-state index < -0.39 is 6.37 Å². The number of nitrogens with zero attached hydrogens (tertiary/aromatic N) is 3. The SMILES string of the molecule is [2H]C([2H])(C)c1nc2c(ccc(-c3ccccc3C)[n+]2C)n1-c1c(C(C)C)cccc1C(C)C. The summed E-state index contributed by atoms with van der Waals surface area (Å²) in [5, 5.41) is 0. The van der Waals surface area contributed by atoms with E-state index in [-0.39, 0.29) is 0 Å². The van der Waals surface area contributed by atoms with Crippen LogP contribution in [0.3, 0.4) is 0 Å². The Bertz CT molecular complexity index is 1300. The first-order valence-electron chi connectivity index (χ1n) is 12.1. The van der Waals surface area contributed by atoms with Crippen molar-refractivity contribution in [2.75, 3.05) is 0 Å². The van der Waals surface area contributed by atoms with Crippen molar-refractivity contribution in [2.24, 2.45) is 7.05 Å². The molecule has 0 amide bonds. The normalized spacial score (nSPS) is 13.2. The third-order valence-corrected chi connectivity index (χ3v) is 6.18. The van der Waals surface area contributed by atoms with Crippen LogP contribution in [0, 0.1) is 6.92 Å². The topological polar surface area (TPSA) is 21.7 Å². The van der Waals surface area contributed by atoms with E-state index in [0.717, 1.165) is 28.1 Å². The summed E-state index contributed by atoms with van der Waals surface area (Å²) in [5.74, 6) is 1.03. The molecule has 3 nitrogen and oxygen atoms in total. The molecule has 4 aromatic rings. The van der Waals surface area contributed by atoms with Crippen LogP contribution in [0.5, 0.6) is 0 Å². The van der Waals surface area contributed by atoms with Gasteiger partial charge in [0.05, 0.1) is 12.7 Å². The molecular weight excluding hydrogens is 378 g/mol. The molecule has 0 spiro atoms. The molecule has 0 saturated carbocycles. The number of pyridine rings is 1. The summed E-state index contributed by atoms with van der Waals surface area (Å²) >= 11 is 0. The van der Waals surface area contributed by atoms with Crippen LogP contribution in [0.4, 0.5) is 0 Å². The van der Waals surface area contributed by atoms with Gasteiger partial charge in [0.2, 0.25) is 5.82 Å². The zero-order valence-electron chi connectivity index (χ0n) is 21.7. The second kappa shape index (κ2) is 8.30. The molecule has 0 aliphatic heterocycles. The van der Waals surface area contributed by atoms with Crippen LogP contribution in [0.2, 0.25) is 0 Å². The molecule has 4 rings (SSSR count). The summed E-state index contributed by atoms with van der Waals surface area (Å²) in [4.78, 5) is 4.93.